The Kier molecular flexibility index (Phi) is 3.72. The van der Waals surface area contributed by atoms with E-state index < -0.39 is 0 Å². The van der Waals surface area contributed by atoms with E-state index in [1.54, 1.807) is 18.3 Å². The van der Waals surface area contributed by atoms with Crippen LogP contribution in [0.4, 0.5) is 4.39 Å². The Labute approximate surface area is 107 Å². The third kappa shape index (κ3) is 2.74. The average Bonchev–Trinajstić information content (AvgIpc) is 2.32. The summed E-state index contributed by atoms with van der Waals surface area (Å²) in [6, 6.07) is 8.49. The lowest BCUT2D eigenvalue weighted by molar-refractivity contribution is 0.589. The Morgan fingerprint density at radius 3 is 2.67 bits per heavy atom. The molecule has 0 amide bonds. The molecule has 1 atom stereocenters. The third-order valence-electron chi connectivity index (χ3n) is 3.00. The van der Waals surface area contributed by atoms with Crippen LogP contribution in [0.5, 0.6) is 0 Å². The number of hydrogen-bond donors (Lipinski definition) is 1. The Bertz CT molecular complexity index is 552. The summed E-state index contributed by atoms with van der Waals surface area (Å²) in [5.41, 5.74) is 9.75. The molecule has 18 heavy (non-hydrogen) atoms. The van der Waals surface area contributed by atoms with Crippen molar-refractivity contribution >= 4 is 0 Å². The molecule has 1 aromatic carbocycles. The van der Waals surface area contributed by atoms with E-state index in [2.05, 4.69) is 4.98 Å². The van der Waals surface area contributed by atoms with Gasteiger partial charge in [0.2, 0.25) is 0 Å². The molecule has 2 nitrogen and oxygen atoms in total. The maximum Gasteiger partial charge on any atom is 0.126 e. The highest BCUT2D eigenvalue weighted by Crippen LogP contribution is 2.19. The molecule has 0 bridgehead atoms. The Morgan fingerprint density at radius 1 is 1.28 bits per heavy atom. The lowest BCUT2D eigenvalue weighted by Crippen LogP contribution is -2.17. The molecule has 0 aliphatic carbocycles. The molecule has 2 aromatic rings. The lowest BCUT2D eigenvalue weighted by Gasteiger charge is -2.14. The molecular weight excluding hydrogens is 227 g/mol. The molecule has 1 heterocycles. The zero-order valence-electron chi connectivity index (χ0n) is 10.7. The fraction of sp³-hybridized carbons (Fsp3) is 0.267. The number of nitrogens with zero attached hydrogens (tertiary/aromatic N) is 1. The van der Waals surface area contributed by atoms with E-state index in [4.69, 9.17) is 5.73 Å². The number of benzene rings is 1. The smallest absolute Gasteiger partial charge is 0.126 e. The van der Waals surface area contributed by atoms with Gasteiger partial charge in [0.25, 0.3) is 0 Å². The molecule has 3 heteroatoms. The molecular formula is C15H17FN2. The summed E-state index contributed by atoms with van der Waals surface area (Å²) in [7, 11) is 0. The van der Waals surface area contributed by atoms with Crippen LogP contribution in [0, 0.1) is 19.7 Å². The summed E-state index contributed by atoms with van der Waals surface area (Å²) in [6.07, 6.45) is 2.26. The fourth-order valence-corrected chi connectivity index (χ4v) is 2.11. The van der Waals surface area contributed by atoms with Gasteiger partial charge < -0.3 is 5.73 Å². The van der Waals surface area contributed by atoms with Crippen molar-refractivity contribution in [2.24, 2.45) is 5.73 Å². The number of aryl methyl sites for hydroxylation is 2. The second-order valence-electron chi connectivity index (χ2n) is 4.62. The van der Waals surface area contributed by atoms with Gasteiger partial charge in [0.15, 0.2) is 0 Å². The van der Waals surface area contributed by atoms with Gasteiger partial charge in [-0.25, -0.2) is 4.39 Å². The van der Waals surface area contributed by atoms with Crippen molar-refractivity contribution in [2.45, 2.75) is 26.3 Å². The maximum absolute atomic E-state index is 13.6. The number of halogens is 1. The van der Waals surface area contributed by atoms with E-state index in [0.29, 0.717) is 12.0 Å². The van der Waals surface area contributed by atoms with Crippen molar-refractivity contribution in [2.75, 3.05) is 0 Å². The predicted octanol–water partition coefficient (Wildman–Crippen LogP) is 3.08. The minimum atomic E-state index is -0.275. The Hall–Kier alpha value is -1.74. The van der Waals surface area contributed by atoms with Gasteiger partial charge in [0.1, 0.15) is 5.82 Å². The molecule has 2 rings (SSSR count). The summed E-state index contributed by atoms with van der Waals surface area (Å²) in [5, 5.41) is 0. The summed E-state index contributed by atoms with van der Waals surface area (Å²) < 4.78 is 13.6. The van der Waals surface area contributed by atoms with Gasteiger partial charge in [-0.2, -0.15) is 0 Å². The first-order valence-electron chi connectivity index (χ1n) is 6.00. The molecule has 1 unspecified atom stereocenters. The maximum atomic E-state index is 13.6. The second-order valence-corrected chi connectivity index (χ2v) is 4.62. The standard InChI is InChI=1S/C15H17FN2/c1-10-7-11(2)15(18-9-10)14(17)8-12-5-3-4-6-13(12)16/h3-7,9,14H,8,17H2,1-2H3. The van der Waals surface area contributed by atoms with Crippen molar-refractivity contribution in [3.05, 3.63) is 64.7 Å². The van der Waals surface area contributed by atoms with Gasteiger partial charge in [0, 0.05) is 6.20 Å². The van der Waals surface area contributed by atoms with Crippen molar-refractivity contribution in [1.29, 1.82) is 0 Å². The first-order valence-corrected chi connectivity index (χ1v) is 6.00. The summed E-state index contributed by atoms with van der Waals surface area (Å²) in [6.45, 7) is 3.97. The molecule has 0 aliphatic rings. The van der Waals surface area contributed by atoms with Gasteiger partial charge in [-0.15, -0.1) is 0 Å². The van der Waals surface area contributed by atoms with Crippen LogP contribution in [0.1, 0.15) is 28.4 Å². The monoisotopic (exact) mass is 244 g/mol. The van der Waals surface area contributed by atoms with E-state index in [-0.39, 0.29) is 11.9 Å². The molecule has 94 valence electrons. The van der Waals surface area contributed by atoms with Crippen LogP contribution in [0.15, 0.2) is 36.5 Å². The van der Waals surface area contributed by atoms with Crippen LogP contribution < -0.4 is 5.73 Å². The van der Waals surface area contributed by atoms with E-state index in [0.717, 1.165) is 16.8 Å². The SMILES string of the molecule is Cc1cnc(C(N)Cc2ccccc2F)c(C)c1. The van der Waals surface area contributed by atoms with Gasteiger partial charge in [-0.3, -0.25) is 4.98 Å². The first kappa shape index (κ1) is 12.7. The van der Waals surface area contributed by atoms with Crippen molar-refractivity contribution in [3.63, 3.8) is 0 Å². The average molecular weight is 244 g/mol. The van der Waals surface area contributed by atoms with Gasteiger partial charge in [-0.1, -0.05) is 24.3 Å². The Balaban J connectivity index is 2.22. The van der Waals surface area contributed by atoms with E-state index in [1.165, 1.54) is 6.07 Å². The normalized spacial score (nSPS) is 12.4. The van der Waals surface area contributed by atoms with Gasteiger partial charge in [-0.05, 0) is 43.0 Å². The zero-order valence-corrected chi connectivity index (χ0v) is 10.7. The highest BCUT2D eigenvalue weighted by Gasteiger charge is 2.13. The second kappa shape index (κ2) is 5.27. The highest BCUT2D eigenvalue weighted by molar-refractivity contribution is 5.27. The largest absolute Gasteiger partial charge is 0.322 e. The van der Waals surface area contributed by atoms with Crippen LogP contribution in [-0.2, 0) is 6.42 Å². The number of aromatic nitrogens is 1. The topological polar surface area (TPSA) is 38.9 Å². The quantitative estimate of drug-likeness (QED) is 0.901. The summed E-state index contributed by atoms with van der Waals surface area (Å²) in [4.78, 5) is 4.36. The number of pyridine rings is 1. The summed E-state index contributed by atoms with van der Waals surface area (Å²) >= 11 is 0. The van der Waals surface area contributed by atoms with Crippen LogP contribution in [-0.4, -0.2) is 4.98 Å². The van der Waals surface area contributed by atoms with Crippen molar-refractivity contribution < 1.29 is 4.39 Å². The van der Waals surface area contributed by atoms with E-state index in [1.807, 2.05) is 26.0 Å². The van der Waals surface area contributed by atoms with E-state index >= 15 is 0 Å². The molecule has 0 aliphatic heterocycles. The molecule has 0 radical (unpaired) electrons. The molecule has 0 saturated heterocycles. The number of hydrogen-bond acceptors (Lipinski definition) is 2. The fourth-order valence-electron chi connectivity index (χ4n) is 2.11. The van der Waals surface area contributed by atoms with Crippen molar-refractivity contribution in [1.82, 2.24) is 4.98 Å². The van der Waals surface area contributed by atoms with E-state index in [9.17, 15) is 4.39 Å². The molecule has 2 N–H and O–H groups in total. The van der Waals surface area contributed by atoms with Crippen LogP contribution >= 0.6 is 0 Å². The highest BCUT2D eigenvalue weighted by atomic mass is 19.1. The van der Waals surface area contributed by atoms with Crippen LogP contribution in [0.25, 0.3) is 0 Å². The number of nitrogens with two attached hydrogens (primary N) is 1. The lowest BCUT2D eigenvalue weighted by atomic mass is 10.00. The zero-order chi connectivity index (χ0) is 13.1. The van der Waals surface area contributed by atoms with Crippen LogP contribution in [0.3, 0.4) is 0 Å². The van der Waals surface area contributed by atoms with Gasteiger partial charge >= 0.3 is 0 Å². The minimum Gasteiger partial charge on any atom is -0.322 e. The Morgan fingerprint density at radius 2 is 2.00 bits per heavy atom. The summed E-state index contributed by atoms with van der Waals surface area (Å²) in [5.74, 6) is -0.210. The third-order valence-corrected chi connectivity index (χ3v) is 3.00. The molecule has 1 aromatic heterocycles. The first-order chi connectivity index (χ1) is 8.58. The van der Waals surface area contributed by atoms with Crippen molar-refractivity contribution in [3.8, 4) is 0 Å². The minimum absolute atomic E-state index is 0.210. The molecule has 0 fully saturated rings. The van der Waals surface area contributed by atoms with Gasteiger partial charge in [0.05, 0.1) is 11.7 Å². The molecule has 0 saturated carbocycles. The predicted molar refractivity (Wildman–Crippen MR) is 70.7 cm³/mol. The number of rotatable bonds is 3. The molecule has 0 spiro atoms. The van der Waals surface area contributed by atoms with Crippen LogP contribution in [0.2, 0.25) is 0 Å².